The summed E-state index contributed by atoms with van der Waals surface area (Å²) < 4.78 is 4.99. The van der Waals surface area contributed by atoms with Gasteiger partial charge in [-0.3, -0.25) is 0 Å². The monoisotopic (exact) mass is 174 g/mol. The smallest absolute Gasteiger partial charge is 0.410 e. The Labute approximate surface area is 73.7 Å². The maximum absolute atomic E-state index is 11.2. The number of nitrogens with zero attached hydrogens (tertiary/aromatic N) is 1. The molecule has 0 unspecified atom stereocenters. The van der Waals surface area contributed by atoms with Gasteiger partial charge in [0, 0.05) is 19.6 Å². The second-order valence-corrected chi connectivity index (χ2v) is 2.80. The Hall–Kier alpha value is -0.770. The first-order chi connectivity index (χ1) is 5.61. The van der Waals surface area contributed by atoms with Crippen molar-refractivity contribution in [1.29, 1.82) is 0 Å². The number of carbonyl (C=O) groups is 1. The molecule has 0 aromatic heterocycles. The highest BCUT2D eigenvalue weighted by molar-refractivity contribution is 5.67. The summed E-state index contributed by atoms with van der Waals surface area (Å²) in [6, 6.07) is 0. The van der Waals surface area contributed by atoms with Gasteiger partial charge in [-0.1, -0.05) is 0 Å². The lowest BCUT2D eigenvalue weighted by molar-refractivity contribution is 0.0792. The van der Waals surface area contributed by atoms with Crippen molar-refractivity contribution < 1.29 is 9.53 Å². The van der Waals surface area contributed by atoms with Crippen LogP contribution in [-0.4, -0.2) is 36.7 Å². The SMILES string of the molecule is CCN(CCN)C(=O)OC(C)C. The van der Waals surface area contributed by atoms with Crippen LogP contribution in [0, 0.1) is 0 Å². The van der Waals surface area contributed by atoms with Crippen molar-refractivity contribution in [2.45, 2.75) is 26.9 Å². The maximum atomic E-state index is 11.2. The van der Waals surface area contributed by atoms with Crippen LogP contribution in [0.25, 0.3) is 0 Å². The number of hydrogen-bond acceptors (Lipinski definition) is 3. The zero-order chi connectivity index (χ0) is 9.56. The van der Waals surface area contributed by atoms with Crippen LogP contribution in [0.3, 0.4) is 0 Å². The number of nitrogens with two attached hydrogens (primary N) is 1. The van der Waals surface area contributed by atoms with Crippen molar-refractivity contribution in [3.8, 4) is 0 Å². The lowest BCUT2D eigenvalue weighted by Gasteiger charge is -2.20. The van der Waals surface area contributed by atoms with Crippen LogP contribution in [0.15, 0.2) is 0 Å². The van der Waals surface area contributed by atoms with Gasteiger partial charge in [0.25, 0.3) is 0 Å². The molecule has 12 heavy (non-hydrogen) atoms. The molecule has 0 bridgehead atoms. The number of ether oxygens (including phenoxy) is 1. The average molecular weight is 174 g/mol. The Morgan fingerprint density at radius 2 is 2.17 bits per heavy atom. The molecule has 0 atom stereocenters. The van der Waals surface area contributed by atoms with E-state index in [1.54, 1.807) is 4.90 Å². The zero-order valence-corrected chi connectivity index (χ0v) is 8.04. The predicted octanol–water partition coefficient (Wildman–Crippen LogP) is 0.812. The van der Waals surface area contributed by atoms with E-state index in [-0.39, 0.29) is 12.2 Å². The van der Waals surface area contributed by atoms with E-state index in [0.29, 0.717) is 19.6 Å². The van der Waals surface area contributed by atoms with E-state index >= 15 is 0 Å². The highest BCUT2D eigenvalue weighted by atomic mass is 16.6. The Balaban J connectivity index is 3.85. The molecule has 72 valence electrons. The van der Waals surface area contributed by atoms with Gasteiger partial charge in [-0.15, -0.1) is 0 Å². The summed E-state index contributed by atoms with van der Waals surface area (Å²) in [5, 5.41) is 0. The molecule has 4 nitrogen and oxygen atoms in total. The molecule has 0 saturated heterocycles. The third-order valence-electron chi connectivity index (χ3n) is 1.38. The fraction of sp³-hybridized carbons (Fsp3) is 0.875. The zero-order valence-electron chi connectivity index (χ0n) is 8.04. The van der Waals surface area contributed by atoms with E-state index in [9.17, 15) is 4.79 Å². The molecular formula is C8H18N2O2. The molecule has 0 radical (unpaired) electrons. The van der Waals surface area contributed by atoms with E-state index in [2.05, 4.69) is 0 Å². The fourth-order valence-corrected chi connectivity index (χ4v) is 0.811. The number of hydrogen-bond donors (Lipinski definition) is 1. The Bertz CT molecular complexity index is 137. The van der Waals surface area contributed by atoms with Gasteiger partial charge < -0.3 is 15.4 Å². The van der Waals surface area contributed by atoms with Crippen LogP contribution in [0.2, 0.25) is 0 Å². The van der Waals surface area contributed by atoms with E-state index in [1.165, 1.54) is 0 Å². The summed E-state index contributed by atoms with van der Waals surface area (Å²) in [6.07, 6.45) is -0.345. The number of likely N-dealkylation sites (N-methyl/N-ethyl adjacent to an activating group) is 1. The molecule has 0 heterocycles. The predicted molar refractivity (Wildman–Crippen MR) is 47.9 cm³/mol. The van der Waals surface area contributed by atoms with Gasteiger partial charge >= 0.3 is 6.09 Å². The molecule has 0 fully saturated rings. The molecule has 0 aliphatic rings. The van der Waals surface area contributed by atoms with Crippen LogP contribution in [0.5, 0.6) is 0 Å². The normalized spacial score (nSPS) is 10.1. The van der Waals surface area contributed by atoms with E-state index in [1.807, 2.05) is 20.8 Å². The van der Waals surface area contributed by atoms with E-state index < -0.39 is 0 Å². The molecule has 0 aromatic carbocycles. The van der Waals surface area contributed by atoms with E-state index in [0.717, 1.165) is 0 Å². The molecule has 4 heteroatoms. The molecule has 0 rings (SSSR count). The summed E-state index contributed by atoms with van der Waals surface area (Å²) in [7, 11) is 0. The van der Waals surface area contributed by atoms with Gasteiger partial charge in [-0.2, -0.15) is 0 Å². The minimum Gasteiger partial charge on any atom is -0.447 e. The lowest BCUT2D eigenvalue weighted by Crippen LogP contribution is -2.36. The molecule has 0 saturated carbocycles. The van der Waals surface area contributed by atoms with E-state index in [4.69, 9.17) is 10.5 Å². The summed E-state index contributed by atoms with van der Waals surface area (Å²) in [5.41, 5.74) is 5.32. The third-order valence-corrected chi connectivity index (χ3v) is 1.38. The second kappa shape index (κ2) is 5.83. The largest absolute Gasteiger partial charge is 0.447 e. The summed E-state index contributed by atoms with van der Waals surface area (Å²) >= 11 is 0. The van der Waals surface area contributed by atoms with Gasteiger partial charge in [-0.05, 0) is 20.8 Å². The maximum Gasteiger partial charge on any atom is 0.410 e. The van der Waals surface area contributed by atoms with Crippen molar-refractivity contribution in [3.05, 3.63) is 0 Å². The highest BCUT2D eigenvalue weighted by Crippen LogP contribution is 1.96. The highest BCUT2D eigenvalue weighted by Gasteiger charge is 2.12. The van der Waals surface area contributed by atoms with Gasteiger partial charge in [0.15, 0.2) is 0 Å². The Kier molecular flexibility index (Phi) is 5.45. The topological polar surface area (TPSA) is 55.6 Å². The van der Waals surface area contributed by atoms with Crippen molar-refractivity contribution in [2.24, 2.45) is 5.73 Å². The van der Waals surface area contributed by atoms with Crippen molar-refractivity contribution in [2.75, 3.05) is 19.6 Å². The average Bonchev–Trinajstić information content (AvgIpc) is 1.98. The molecule has 0 spiro atoms. The van der Waals surface area contributed by atoms with Crippen molar-refractivity contribution >= 4 is 6.09 Å². The number of carbonyl (C=O) groups excluding carboxylic acids is 1. The first-order valence-corrected chi connectivity index (χ1v) is 4.27. The minimum absolute atomic E-state index is 0.0654. The molecule has 0 aliphatic heterocycles. The molecule has 0 aliphatic carbocycles. The van der Waals surface area contributed by atoms with Crippen LogP contribution in [0.1, 0.15) is 20.8 Å². The summed E-state index contributed by atoms with van der Waals surface area (Å²) in [6.45, 7) is 7.23. The first kappa shape index (κ1) is 11.2. The molecule has 1 amide bonds. The second-order valence-electron chi connectivity index (χ2n) is 2.80. The third kappa shape index (κ3) is 4.18. The van der Waals surface area contributed by atoms with Gasteiger partial charge in [-0.25, -0.2) is 4.79 Å². The van der Waals surface area contributed by atoms with Crippen molar-refractivity contribution in [3.63, 3.8) is 0 Å². The van der Waals surface area contributed by atoms with Gasteiger partial charge in [0.05, 0.1) is 6.10 Å². The molecule has 0 aromatic rings. The number of amides is 1. The molecular weight excluding hydrogens is 156 g/mol. The summed E-state index contributed by atoms with van der Waals surface area (Å²) in [5.74, 6) is 0. The first-order valence-electron chi connectivity index (χ1n) is 4.27. The van der Waals surface area contributed by atoms with Crippen molar-refractivity contribution in [1.82, 2.24) is 4.90 Å². The molecule has 2 N–H and O–H groups in total. The minimum atomic E-state index is -0.280. The Morgan fingerprint density at radius 3 is 2.50 bits per heavy atom. The van der Waals surface area contributed by atoms with Crippen LogP contribution in [0.4, 0.5) is 4.79 Å². The standard InChI is InChI=1S/C8H18N2O2/c1-4-10(6-5-9)8(11)12-7(2)3/h7H,4-6,9H2,1-3H3. The number of rotatable bonds is 4. The fourth-order valence-electron chi connectivity index (χ4n) is 0.811. The quantitative estimate of drug-likeness (QED) is 0.686. The Morgan fingerprint density at radius 1 is 1.58 bits per heavy atom. The van der Waals surface area contributed by atoms with Gasteiger partial charge in [0.1, 0.15) is 0 Å². The van der Waals surface area contributed by atoms with Crippen LogP contribution in [-0.2, 0) is 4.74 Å². The van der Waals surface area contributed by atoms with Crippen LogP contribution < -0.4 is 5.73 Å². The summed E-state index contributed by atoms with van der Waals surface area (Å²) in [4.78, 5) is 12.8. The van der Waals surface area contributed by atoms with Gasteiger partial charge in [0.2, 0.25) is 0 Å². The lowest BCUT2D eigenvalue weighted by atomic mass is 10.5. The van der Waals surface area contributed by atoms with Crippen LogP contribution >= 0.6 is 0 Å².